The van der Waals surface area contributed by atoms with Crippen LogP contribution in [0.1, 0.15) is 16.1 Å². The number of nitrogens with zero attached hydrogens (tertiary/aromatic N) is 3. The molecule has 2 aromatic heterocycles. The second-order valence-corrected chi connectivity index (χ2v) is 4.43. The van der Waals surface area contributed by atoms with Crippen LogP contribution in [0.4, 0.5) is 0 Å². The van der Waals surface area contributed by atoms with Gasteiger partial charge >= 0.3 is 5.97 Å². The Morgan fingerprint density at radius 2 is 2.00 bits per heavy atom. The quantitative estimate of drug-likeness (QED) is 0.889. The van der Waals surface area contributed by atoms with E-state index in [-0.39, 0.29) is 18.1 Å². The van der Waals surface area contributed by atoms with Crippen LogP contribution >= 0.6 is 0 Å². The van der Waals surface area contributed by atoms with Crippen LogP contribution in [0.2, 0.25) is 0 Å². The molecule has 2 rings (SSSR count). The molecule has 0 fully saturated rings. The van der Waals surface area contributed by atoms with Gasteiger partial charge in [-0.3, -0.25) is 9.78 Å². The number of aromatic nitrogens is 2. The summed E-state index contributed by atoms with van der Waals surface area (Å²) in [6, 6.07) is 6.75. The number of rotatable bonds is 5. The van der Waals surface area contributed by atoms with Crippen LogP contribution in [0.25, 0.3) is 0 Å². The minimum atomic E-state index is -1.04. The lowest BCUT2D eigenvalue weighted by Crippen LogP contribution is -2.30. The van der Waals surface area contributed by atoms with Gasteiger partial charge in [-0.1, -0.05) is 0 Å². The van der Waals surface area contributed by atoms with Crippen molar-refractivity contribution in [3.8, 4) is 0 Å². The molecule has 0 radical (unpaired) electrons. The van der Waals surface area contributed by atoms with Gasteiger partial charge in [-0.15, -0.1) is 0 Å². The number of amides is 1. The van der Waals surface area contributed by atoms with E-state index < -0.39 is 5.97 Å². The Kier molecular flexibility index (Phi) is 4.14. The molecule has 6 nitrogen and oxygen atoms in total. The third-order valence-corrected chi connectivity index (χ3v) is 2.95. The van der Waals surface area contributed by atoms with Gasteiger partial charge in [0.15, 0.2) is 0 Å². The maximum atomic E-state index is 12.1. The first-order chi connectivity index (χ1) is 9.58. The molecule has 0 unspecified atom stereocenters. The van der Waals surface area contributed by atoms with E-state index in [9.17, 15) is 9.59 Å². The lowest BCUT2D eigenvalue weighted by molar-refractivity contribution is -0.131. The predicted octanol–water partition coefficient (Wildman–Crippen LogP) is 1.24. The molecule has 1 amide bonds. The predicted molar refractivity (Wildman–Crippen MR) is 72.1 cm³/mol. The van der Waals surface area contributed by atoms with Gasteiger partial charge in [0.2, 0.25) is 5.91 Å². The van der Waals surface area contributed by atoms with Crippen molar-refractivity contribution >= 4 is 11.9 Å². The number of aromatic carboxylic acids is 1. The number of carboxylic acids is 1. The number of carboxylic acid groups (broad SMARTS) is 1. The van der Waals surface area contributed by atoms with Gasteiger partial charge in [-0.05, 0) is 29.8 Å². The third kappa shape index (κ3) is 3.23. The van der Waals surface area contributed by atoms with E-state index in [1.54, 1.807) is 36.6 Å². The average molecular weight is 273 g/mol. The zero-order valence-corrected chi connectivity index (χ0v) is 11.1. The summed E-state index contributed by atoms with van der Waals surface area (Å²) in [6.07, 6.45) is 4.92. The van der Waals surface area contributed by atoms with Crippen molar-refractivity contribution in [2.24, 2.45) is 0 Å². The smallest absolute Gasteiger partial charge is 0.352 e. The van der Waals surface area contributed by atoms with Gasteiger partial charge in [0.05, 0.1) is 0 Å². The summed E-state index contributed by atoms with van der Waals surface area (Å²) in [5.41, 5.74) is 1.08. The minimum absolute atomic E-state index is 0.0101. The Labute approximate surface area is 116 Å². The monoisotopic (exact) mass is 273 g/mol. The molecule has 0 aliphatic heterocycles. The number of hydrogen-bond acceptors (Lipinski definition) is 3. The molecule has 0 spiro atoms. The fraction of sp³-hybridized carbons (Fsp3) is 0.214. The summed E-state index contributed by atoms with van der Waals surface area (Å²) in [5.74, 6) is -1.19. The minimum Gasteiger partial charge on any atom is -0.477 e. The molecule has 0 aliphatic carbocycles. The molecule has 0 aromatic carbocycles. The highest BCUT2D eigenvalue weighted by atomic mass is 16.4. The van der Waals surface area contributed by atoms with E-state index in [1.807, 2.05) is 12.1 Å². The SMILES string of the molecule is CN(Cc1ccncc1)C(=O)Cn1cccc1C(=O)O. The molecule has 6 heteroatoms. The summed E-state index contributed by atoms with van der Waals surface area (Å²) in [7, 11) is 1.69. The van der Waals surface area contributed by atoms with E-state index in [1.165, 1.54) is 10.6 Å². The van der Waals surface area contributed by atoms with Crippen LogP contribution in [0.5, 0.6) is 0 Å². The Balaban J connectivity index is 2.01. The van der Waals surface area contributed by atoms with Crippen LogP contribution < -0.4 is 0 Å². The standard InChI is InChI=1S/C14H15N3O3/c1-16(9-11-4-6-15-7-5-11)13(18)10-17-8-2-3-12(17)14(19)20/h2-8H,9-10H2,1H3,(H,19,20). The normalized spacial score (nSPS) is 10.2. The van der Waals surface area contributed by atoms with Gasteiger partial charge in [-0.25, -0.2) is 4.79 Å². The highest BCUT2D eigenvalue weighted by Gasteiger charge is 2.14. The maximum absolute atomic E-state index is 12.1. The van der Waals surface area contributed by atoms with Crippen LogP contribution in [0, 0.1) is 0 Å². The highest BCUT2D eigenvalue weighted by Crippen LogP contribution is 2.06. The summed E-state index contributed by atoms with van der Waals surface area (Å²) < 4.78 is 1.42. The molecule has 0 bridgehead atoms. The van der Waals surface area contributed by atoms with Crippen molar-refractivity contribution in [3.63, 3.8) is 0 Å². The largest absolute Gasteiger partial charge is 0.477 e. The molecule has 20 heavy (non-hydrogen) atoms. The lowest BCUT2D eigenvalue weighted by Gasteiger charge is -2.18. The molecule has 2 aromatic rings. The van der Waals surface area contributed by atoms with Crippen molar-refractivity contribution in [3.05, 3.63) is 54.1 Å². The molecule has 0 saturated heterocycles. The highest BCUT2D eigenvalue weighted by molar-refractivity contribution is 5.86. The van der Waals surface area contributed by atoms with Gasteiger partial charge in [0.1, 0.15) is 12.2 Å². The summed E-state index contributed by atoms with van der Waals surface area (Å²) in [5, 5.41) is 8.99. The maximum Gasteiger partial charge on any atom is 0.352 e. The van der Waals surface area contributed by atoms with Gasteiger partial charge in [0.25, 0.3) is 0 Å². The Morgan fingerprint density at radius 1 is 1.30 bits per heavy atom. The van der Waals surface area contributed by atoms with Crippen molar-refractivity contribution in [2.75, 3.05) is 7.05 Å². The molecular weight excluding hydrogens is 258 g/mol. The first-order valence-electron chi connectivity index (χ1n) is 6.09. The van der Waals surface area contributed by atoms with Crippen molar-refractivity contribution in [1.82, 2.24) is 14.5 Å². The fourth-order valence-electron chi connectivity index (χ4n) is 1.86. The van der Waals surface area contributed by atoms with Gasteiger partial charge in [-0.2, -0.15) is 0 Å². The summed E-state index contributed by atoms with van der Waals surface area (Å²) >= 11 is 0. The Hall–Kier alpha value is -2.63. The molecular formula is C14H15N3O3. The van der Waals surface area contributed by atoms with Crippen molar-refractivity contribution < 1.29 is 14.7 Å². The van der Waals surface area contributed by atoms with E-state index in [0.717, 1.165) is 5.56 Å². The topological polar surface area (TPSA) is 75.4 Å². The first-order valence-corrected chi connectivity index (χ1v) is 6.09. The molecule has 2 heterocycles. The second-order valence-electron chi connectivity index (χ2n) is 4.43. The molecule has 0 atom stereocenters. The van der Waals surface area contributed by atoms with Gasteiger partial charge < -0.3 is 14.6 Å². The Bertz CT molecular complexity index is 607. The third-order valence-electron chi connectivity index (χ3n) is 2.95. The number of likely N-dealkylation sites (N-methyl/N-ethyl adjacent to an activating group) is 1. The van der Waals surface area contributed by atoms with E-state index in [4.69, 9.17) is 5.11 Å². The van der Waals surface area contributed by atoms with Crippen molar-refractivity contribution in [2.45, 2.75) is 13.1 Å². The fourth-order valence-corrected chi connectivity index (χ4v) is 1.86. The number of hydrogen-bond donors (Lipinski definition) is 1. The zero-order valence-electron chi connectivity index (χ0n) is 11.1. The van der Waals surface area contributed by atoms with Crippen LogP contribution in [0.15, 0.2) is 42.9 Å². The van der Waals surface area contributed by atoms with E-state index >= 15 is 0 Å². The number of pyridine rings is 1. The lowest BCUT2D eigenvalue weighted by atomic mass is 10.2. The van der Waals surface area contributed by atoms with Crippen molar-refractivity contribution in [1.29, 1.82) is 0 Å². The molecule has 0 saturated carbocycles. The van der Waals surface area contributed by atoms with Crippen LogP contribution in [-0.4, -0.2) is 38.5 Å². The number of carbonyl (C=O) groups is 2. The molecule has 1 N–H and O–H groups in total. The van der Waals surface area contributed by atoms with E-state index in [0.29, 0.717) is 6.54 Å². The van der Waals surface area contributed by atoms with Gasteiger partial charge in [0, 0.05) is 32.2 Å². The van der Waals surface area contributed by atoms with E-state index in [2.05, 4.69) is 4.98 Å². The van der Waals surface area contributed by atoms with Crippen LogP contribution in [-0.2, 0) is 17.9 Å². The second kappa shape index (κ2) is 6.01. The first kappa shape index (κ1) is 13.8. The zero-order chi connectivity index (χ0) is 14.5. The van der Waals surface area contributed by atoms with Crippen LogP contribution in [0.3, 0.4) is 0 Å². The number of carbonyl (C=O) groups excluding carboxylic acids is 1. The Morgan fingerprint density at radius 3 is 2.65 bits per heavy atom. The summed E-state index contributed by atoms with van der Waals surface area (Å²) in [6.45, 7) is 0.473. The summed E-state index contributed by atoms with van der Waals surface area (Å²) in [4.78, 5) is 28.5. The molecule has 104 valence electrons. The molecule has 0 aliphatic rings. The average Bonchev–Trinajstić information content (AvgIpc) is 2.88.